The molecule has 1 heterocycles. The van der Waals surface area contributed by atoms with Crippen molar-refractivity contribution in [1.82, 2.24) is 5.32 Å². The molecule has 1 aliphatic rings. The lowest BCUT2D eigenvalue weighted by molar-refractivity contribution is -0.123. The van der Waals surface area contributed by atoms with Gasteiger partial charge in [0.25, 0.3) is 0 Å². The van der Waals surface area contributed by atoms with Gasteiger partial charge in [-0.2, -0.15) is 0 Å². The lowest BCUT2D eigenvalue weighted by Gasteiger charge is -2.21. The molecule has 0 radical (unpaired) electrons. The molecule has 82 valence electrons. The van der Waals surface area contributed by atoms with Gasteiger partial charge in [0.15, 0.2) is 5.78 Å². The Morgan fingerprint density at radius 3 is 2.79 bits per heavy atom. The summed E-state index contributed by atoms with van der Waals surface area (Å²) in [5.74, 6) is 1.01. The number of ketones is 1. The molecule has 1 fully saturated rings. The van der Waals surface area contributed by atoms with Crippen LogP contribution in [0.25, 0.3) is 0 Å². The molecule has 0 aromatic rings. The Kier molecular flexibility index (Phi) is 5.80. The van der Waals surface area contributed by atoms with Crippen LogP contribution in [0.5, 0.6) is 0 Å². The van der Waals surface area contributed by atoms with Crippen molar-refractivity contribution in [3.05, 3.63) is 0 Å². The third-order valence-corrected chi connectivity index (χ3v) is 2.76. The maximum atomic E-state index is 11.3. The number of carbonyl (C=O) groups excluding carboxylic acids is 1. The molecule has 1 aliphatic heterocycles. The van der Waals surface area contributed by atoms with E-state index in [1.54, 1.807) is 0 Å². The minimum atomic E-state index is 0.255. The fourth-order valence-electron chi connectivity index (χ4n) is 1.82. The Morgan fingerprint density at radius 2 is 2.14 bits per heavy atom. The molecule has 1 saturated heterocycles. The lowest BCUT2D eigenvalue weighted by atomic mass is 9.92. The highest BCUT2D eigenvalue weighted by molar-refractivity contribution is 5.79. The molecule has 0 atom stereocenters. The number of ether oxygens (including phenoxy) is 1. The zero-order chi connectivity index (χ0) is 10.2. The van der Waals surface area contributed by atoms with E-state index in [4.69, 9.17) is 4.74 Å². The average Bonchev–Trinajstić information content (AvgIpc) is 2.25. The maximum absolute atomic E-state index is 11.3. The van der Waals surface area contributed by atoms with E-state index >= 15 is 0 Å². The molecule has 1 rings (SSSR count). The van der Waals surface area contributed by atoms with E-state index in [9.17, 15) is 4.79 Å². The highest BCUT2D eigenvalue weighted by Gasteiger charge is 2.14. The van der Waals surface area contributed by atoms with Crippen molar-refractivity contribution in [2.24, 2.45) is 5.92 Å². The van der Waals surface area contributed by atoms with Crippen LogP contribution in [0, 0.1) is 5.92 Å². The van der Waals surface area contributed by atoms with Gasteiger partial charge in [-0.3, -0.25) is 4.79 Å². The van der Waals surface area contributed by atoms with Gasteiger partial charge in [-0.15, -0.1) is 0 Å². The predicted octanol–water partition coefficient (Wildman–Crippen LogP) is 1.37. The van der Waals surface area contributed by atoms with Gasteiger partial charge in [0.1, 0.15) is 6.61 Å². The second-order valence-electron chi connectivity index (χ2n) is 3.91. The summed E-state index contributed by atoms with van der Waals surface area (Å²) in [5.41, 5.74) is 0. The Morgan fingerprint density at radius 1 is 1.43 bits per heavy atom. The van der Waals surface area contributed by atoms with Crippen LogP contribution < -0.4 is 5.32 Å². The zero-order valence-electron chi connectivity index (χ0n) is 9.05. The fourth-order valence-corrected chi connectivity index (χ4v) is 1.82. The third-order valence-electron chi connectivity index (χ3n) is 2.76. The molecule has 0 aromatic heterocycles. The van der Waals surface area contributed by atoms with Crippen molar-refractivity contribution < 1.29 is 9.53 Å². The number of piperidine rings is 1. The molecule has 3 heteroatoms. The second-order valence-corrected chi connectivity index (χ2v) is 3.91. The van der Waals surface area contributed by atoms with Crippen molar-refractivity contribution in [2.45, 2.75) is 32.6 Å². The van der Waals surface area contributed by atoms with Crippen LogP contribution in [-0.4, -0.2) is 32.1 Å². The third kappa shape index (κ3) is 4.72. The highest BCUT2D eigenvalue weighted by atomic mass is 16.5. The van der Waals surface area contributed by atoms with E-state index in [1.807, 2.05) is 6.92 Å². The molecular formula is C11H21NO2. The Bertz CT molecular complexity index is 165. The molecule has 0 spiro atoms. The fraction of sp³-hybridized carbons (Fsp3) is 0.909. The van der Waals surface area contributed by atoms with Gasteiger partial charge in [0, 0.05) is 13.0 Å². The average molecular weight is 199 g/mol. The summed E-state index contributed by atoms with van der Waals surface area (Å²) in [6.07, 6.45) is 4.20. The first-order chi connectivity index (χ1) is 6.83. The predicted molar refractivity (Wildman–Crippen MR) is 56.3 cm³/mol. The number of carbonyl (C=O) groups is 1. The molecular weight excluding hydrogens is 178 g/mol. The van der Waals surface area contributed by atoms with Gasteiger partial charge in [-0.25, -0.2) is 0 Å². The van der Waals surface area contributed by atoms with E-state index in [0.717, 1.165) is 25.4 Å². The number of Topliss-reactive ketones (excluding diaryl/α,β-unsaturated/α-hetero) is 1. The molecule has 0 amide bonds. The summed E-state index contributed by atoms with van der Waals surface area (Å²) in [6.45, 7) is 5.09. The maximum Gasteiger partial charge on any atom is 0.158 e. The van der Waals surface area contributed by atoms with Gasteiger partial charge in [-0.1, -0.05) is 0 Å². The molecule has 0 saturated carbocycles. The van der Waals surface area contributed by atoms with E-state index < -0.39 is 0 Å². The summed E-state index contributed by atoms with van der Waals surface area (Å²) in [7, 11) is 0. The number of rotatable bonds is 6. The van der Waals surface area contributed by atoms with Gasteiger partial charge in [0.2, 0.25) is 0 Å². The highest BCUT2D eigenvalue weighted by Crippen LogP contribution is 2.17. The summed E-state index contributed by atoms with van der Waals surface area (Å²) in [6, 6.07) is 0. The van der Waals surface area contributed by atoms with E-state index in [1.165, 1.54) is 12.8 Å². The molecule has 0 aliphatic carbocycles. The summed E-state index contributed by atoms with van der Waals surface area (Å²) in [5, 5.41) is 3.33. The van der Waals surface area contributed by atoms with E-state index in [2.05, 4.69) is 5.32 Å². The van der Waals surface area contributed by atoms with Gasteiger partial charge in [-0.05, 0) is 45.2 Å². The molecule has 1 N–H and O–H groups in total. The van der Waals surface area contributed by atoms with Crippen molar-refractivity contribution in [3.63, 3.8) is 0 Å². The van der Waals surface area contributed by atoms with E-state index in [0.29, 0.717) is 19.6 Å². The minimum absolute atomic E-state index is 0.255. The van der Waals surface area contributed by atoms with Crippen LogP contribution in [0.1, 0.15) is 32.6 Å². The first-order valence-corrected chi connectivity index (χ1v) is 5.63. The van der Waals surface area contributed by atoms with Crippen molar-refractivity contribution >= 4 is 5.78 Å². The molecule has 0 bridgehead atoms. The van der Waals surface area contributed by atoms with Crippen LogP contribution in [-0.2, 0) is 9.53 Å². The van der Waals surface area contributed by atoms with Gasteiger partial charge < -0.3 is 10.1 Å². The Hall–Kier alpha value is -0.410. The number of nitrogens with one attached hydrogen (secondary N) is 1. The van der Waals surface area contributed by atoms with Gasteiger partial charge >= 0.3 is 0 Å². The summed E-state index contributed by atoms with van der Waals surface area (Å²) in [4.78, 5) is 11.3. The summed E-state index contributed by atoms with van der Waals surface area (Å²) < 4.78 is 5.07. The standard InChI is InChI=1S/C11H21NO2/c1-2-14-9-11(13)4-3-10-5-7-12-8-6-10/h10,12H,2-9H2,1H3. The first-order valence-electron chi connectivity index (χ1n) is 5.63. The van der Waals surface area contributed by atoms with Crippen molar-refractivity contribution in [3.8, 4) is 0 Å². The van der Waals surface area contributed by atoms with Crippen LogP contribution in [0.15, 0.2) is 0 Å². The summed E-state index contributed by atoms with van der Waals surface area (Å²) >= 11 is 0. The molecule has 3 nitrogen and oxygen atoms in total. The van der Waals surface area contributed by atoms with Crippen molar-refractivity contribution in [1.29, 1.82) is 0 Å². The topological polar surface area (TPSA) is 38.3 Å². The zero-order valence-corrected chi connectivity index (χ0v) is 9.05. The quantitative estimate of drug-likeness (QED) is 0.702. The van der Waals surface area contributed by atoms with Crippen LogP contribution in [0.4, 0.5) is 0 Å². The Labute approximate surface area is 86.2 Å². The normalized spacial score (nSPS) is 18.4. The molecule has 14 heavy (non-hydrogen) atoms. The lowest BCUT2D eigenvalue weighted by Crippen LogP contribution is -2.28. The number of hydrogen-bond acceptors (Lipinski definition) is 3. The van der Waals surface area contributed by atoms with Crippen molar-refractivity contribution in [2.75, 3.05) is 26.3 Å². The monoisotopic (exact) mass is 199 g/mol. The van der Waals surface area contributed by atoms with E-state index in [-0.39, 0.29) is 5.78 Å². The number of hydrogen-bond donors (Lipinski definition) is 1. The SMILES string of the molecule is CCOCC(=O)CCC1CCNCC1. The van der Waals surface area contributed by atoms with Crippen LogP contribution in [0.2, 0.25) is 0 Å². The minimum Gasteiger partial charge on any atom is -0.374 e. The molecule has 0 aromatic carbocycles. The smallest absolute Gasteiger partial charge is 0.158 e. The first kappa shape index (κ1) is 11.7. The second kappa shape index (κ2) is 6.96. The van der Waals surface area contributed by atoms with Gasteiger partial charge in [0.05, 0.1) is 0 Å². The van der Waals surface area contributed by atoms with Crippen LogP contribution in [0.3, 0.4) is 0 Å². The largest absolute Gasteiger partial charge is 0.374 e. The van der Waals surface area contributed by atoms with Crippen LogP contribution >= 0.6 is 0 Å². The Balaban J connectivity index is 2.03. The molecule has 0 unspecified atom stereocenters.